The molecule has 2 aromatic carbocycles. The summed E-state index contributed by atoms with van der Waals surface area (Å²) < 4.78 is 0. The Morgan fingerprint density at radius 1 is 0.875 bits per heavy atom. The fourth-order valence-electron chi connectivity index (χ4n) is 2.39. The lowest BCUT2D eigenvalue weighted by Crippen LogP contribution is -2.05. The highest BCUT2D eigenvalue weighted by molar-refractivity contribution is 5.37. The highest BCUT2D eigenvalue weighted by atomic mass is 16.6. The Morgan fingerprint density at radius 2 is 1.42 bits per heavy atom. The summed E-state index contributed by atoms with van der Waals surface area (Å²) in [5.41, 5.74) is 2.47. The van der Waals surface area contributed by atoms with Gasteiger partial charge >= 0.3 is 5.69 Å². The van der Waals surface area contributed by atoms with Gasteiger partial charge in [0.1, 0.15) is 17.7 Å². The highest BCUT2D eigenvalue weighted by Crippen LogP contribution is 2.19. The van der Waals surface area contributed by atoms with Gasteiger partial charge in [0.25, 0.3) is 0 Å². The third-order valence-corrected chi connectivity index (χ3v) is 3.51. The molecule has 0 bridgehead atoms. The molecular weight excluding hydrogens is 304 g/mol. The minimum absolute atomic E-state index is 0. The number of nitro groups is 1. The molecule has 0 aliphatic heterocycles. The van der Waals surface area contributed by atoms with Crippen molar-refractivity contribution in [3.8, 4) is 0 Å². The van der Waals surface area contributed by atoms with Gasteiger partial charge in [-0.1, -0.05) is 60.7 Å². The predicted octanol–water partition coefficient (Wildman–Crippen LogP) is 3.73. The van der Waals surface area contributed by atoms with Crippen LogP contribution >= 0.6 is 0 Å². The van der Waals surface area contributed by atoms with E-state index in [0.717, 1.165) is 11.1 Å². The largest absolute Gasteiger partial charge is 0.344 e. The molecule has 6 heteroatoms. The first-order valence-corrected chi connectivity index (χ1v) is 7.29. The molecule has 6 nitrogen and oxygen atoms in total. The van der Waals surface area contributed by atoms with E-state index in [0.29, 0.717) is 24.4 Å². The fourth-order valence-corrected chi connectivity index (χ4v) is 2.39. The first-order valence-electron chi connectivity index (χ1n) is 7.29. The molecule has 0 spiro atoms. The number of benzene rings is 2. The molecule has 3 rings (SSSR count). The Kier molecular flexibility index (Phi) is 5.70. The van der Waals surface area contributed by atoms with Crippen LogP contribution in [0.15, 0.2) is 66.9 Å². The Morgan fingerprint density at radius 3 is 1.96 bits per heavy atom. The van der Waals surface area contributed by atoms with Crippen molar-refractivity contribution < 1.29 is 4.92 Å². The second-order valence-corrected chi connectivity index (χ2v) is 5.20. The van der Waals surface area contributed by atoms with Crippen molar-refractivity contribution in [2.24, 2.45) is 0 Å². The molecule has 122 valence electrons. The Labute approximate surface area is 140 Å². The summed E-state index contributed by atoms with van der Waals surface area (Å²) in [6.07, 6.45) is 2.28. The Balaban J connectivity index is 0.00000208. The van der Waals surface area contributed by atoms with Crippen LogP contribution in [0.2, 0.25) is 0 Å². The Bertz CT molecular complexity index is 808. The van der Waals surface area contributed by atoms with Gasteiger partial charge in [-0.25, -0.2) is 9.97 Å². The lowest BCUT2D eigenvalue weighted by atomic mass is 10.1. The molecule has 0 aliphatic carbocycles. The maximum absolute atomic E-state index is 11.2. The van der Waals surface area contributed by atoms with Gasteiger partial charge in [0.15, 0.2) is 0 Å². The molecule has 1 heterocycles. The van der Waals surface area contributed by atoms with Crippen LogP contribution in [-0.4, -0.2) is 14.9 Å². The SMILES string of the molecule is N.O=[N+]([O-])c1cnc(Cc2ccccc2)nc1Cc1ccccc1. The molecule has 0 amide bonds. The molecule has 0 radical (unpaired) electrons. The van der Waals surface area contributed by atoms with Crippen LogP contribution in [0.3, 0.4) is 0 Å². The van der Waals surface area contributed by atoms with E-state index in [1.54, 1.807) is 0 Å². The van der Waals surface area contributed by atoms with Gasteiger partial charge in [0.2, 0.25) is 0 Å². The van der Waals surface area contributed by atoms with Crippen molar-refractivity contribution in [2.45, 2.75) is 12.8 Å². The summed E-state index contributed by atoms with van der Waals surface area (Å²) >= 11 is 0. The van der Waals surface area contributed by atoms with E-state index in [-0.39, 0.29) is 11.8 Å². The van der Waals surface area contributed by atoms with E-state index in [9.17, 15) is 10.1 Å². The molecule has 0 atom stereocenters. The zero-order valence-corrected chi connectivity index (χ0v) is 13.1. The minimum Gasteiger partial charge on any atom is -0.344 e. The van der Waals surface area contributed by atoms with Crippen molar-refractivity contribution in [3.63, 3.8) is 0 Å². The average Bonchev–Trinajstić information content (AvgIpc) is 2.57. The second-order valence-electron chi connectivity index (χ2n) is 5.20. The standard InChI is InChI=1S/C18H15N3O2.H3N/c22-21(23)17-13-19-18(12-15-9-5-2-6-10-15)20-16(17)11-14-7-3-1-4-8-14;/h1-10,13H,11-12H2;1H3. The quantitative estimate of drug-likeness (QED) is 0.569. The molecule has 0 unspecified atom stereocenters. The van der Waals surface area contributed by atoms with Crippen LogP contribution in [0.5, 0.6) is 0 Å². The minimum atomic E-state index is -0.426. The van der Waals surface area contributed by atoms with Crippen LogP contribution in [0.4, 0.5) is 5.69 Å². The first-order chi connectivity index (χ1) is 11.2. The maximum atomic E-state index is 11.2. The third kappa shape index (κ3) is 4.21. The van der Waals surface area contributed by atoms with Gasteiger partial charge in [0, 0.05) is 12.8 Å². The first kappa shape index (κ1) is 17.2. The number of hydrogen-bond donors (Lipinski definition) is 1. The molecule has 0 fully saturated rings. The van der Waals surface area contributed by atoms with Crippen molar-refractivity contribution >= 4 is 5.69 Å². The number of aromatic nitrogens is 2. The lowest BCUT2D eigenvalue weighted by Gasteiger charge is -2.06. The summed E-state index contributed by atoms with van der Waals surface area (Å²) in [4.78, 5) is 19.4. The lowest BCUT2D eigenvalue weighted by molar-refractivity contribution is -0.386. The van der Waals surface area contributed by atoms with Gasteiger partial charge in [0.05, 0.1) is 4.92 Å². The van der Waals surface area contributed by atoms with Crippen LogP contribution in [0, 0.1) is 10.1 Å². The van der Waals surface area contributed by atoms with Gasteiger partial charge in [-0.15, -0.1) is 0 Å². The number of rotatable bonds is 5. The number of hydrogen-bond acceptors (Lipinski definition) is 5. The van der Waals surface area contributed by atoms with E-state index in [1.165, 1.54) is 6.20 Å². The van der Waals surface area contributed by atoms with E-state index in [2.05, 4.69) is 9.97 Å². The van der Waals surface area contributed by atoms with Crippen LogP contribution in [0.25, 0.3) is 0 Å². The van der Waals surface area contributed by atoms with E-state index >= 15 is 0 Å². The van der Waals surface area contributed by atoms with Crippen LogP contribution in [-0.2, 0) is 12.8 Å². The van der Waals surface area contributed by atoms with Gasteiger partial charge < -0.3 is 6.15 Å². The van der Waals surface area contributed by atoms with Crippen LogP contribution in [0.1, 0.15) is 22.6 Å². The molecule has 24 heavy (non-hydrogen) atoms. The molecule has 0 aliphatic rings. The van der Waals surface area contributed by atoms with Crippen molar-refractivity contribution in [1.29, 1.82) is 0 Å². The van der Waals surface area contributed by atoms with E-state index < -0.39 is 4.92 Å². The van der Waals surface area contributed by atoms with Crippen molar-refractivity contribution in [1.82, 2.24) is 16.1 Å². The Hall–Kier alpha value is -3.12. The molecule has 3 N–H and O–H groups in total. The van der Waals surface area contributed by atoms with E-state index in [1.807, 2.05) is 60.7 Å². The maximum Gasteiger partial charge on any atom is 0.309 e. The highest BCUT2D eigenvalue weighted by Gasteiger charge is 2.17. The molecule has 3 aromatic rings. The smallest absolute Gasteiger partial charge is 0.309 e. The third-order valence-electron chi connectivity index (χ3n) is 3.51. The fraction of sp³-hybridized carbons (Fsp3) is 0.111. The van der Waals surface area contributed by atoms with Gasteiger partial charge in [-0.05, 0) is 11.1 Å². The molecular formula is C18H18N4O2. The topological polar surface area (TPSA) is 104 Å². The predicted molar refractivity (Wildman–Crippen MR) is 92.2 cm³/mol. The van der Waals surface area contributed by atoms with Crippen LogP contribution < -0.4 is 6.15 Å². The van der Waals surface area contributed by atoms with Crippen molar-refractivity contribution in [3.05, 3.63) is 99.6 Å². The zero-order chi connectivity index (χ0) is 16.1. The average molecular weight is 322 g/mol. The van der Waals surface area contributed by atoms with Gasteiger partial charge in [-0.2, -0.15) is 0 Å². The van der Waals surface area contributed by atoms with E-state index in [4.69, 9.17) is 0 Å². The second kappa shape index (κ2) is 7.94. The summed E-state index contributed by atoms with van der Waals surface area (Å²) in [5.74, 6) is 0.590. The number of nitrogens with zero attached hydrogens (tertiary/aromatic N) is 3. The van der Waals surface area contributed by atoms with Crippen molar-refractivity contribution in [2.75, 3.05) is 0 Å². The summed E-state index contributed by atoms with van der Waals surface area (Å²) in [6.45, 7) is 0. The normalized spacial score (nSPS) is 10.0. The summed E-state index contributed by atoms with van der Waals surface area (Å²) in [6, 6.07) is 19.4. The molecule has 0 saturated carbocycles. The molecule has 1 aromatic heterocycles. The molecule has 0 saturated heterocycles. The van der Waals surface area contributed by atoms with Gasteiger partial charge in [-0.3, -0.25) is 10.1 Å². The summed E-state index contributed by atoms with van der Waals surface area (Å²) in [5, 5.41) is 11.2. The summed E-state index contributed by atoms with van der Waals surface area (Å²) in [7, 11) is 0. The monoisotopic (exact) mass is 322 g/mol. The zero-order valence-electron chi connectivity index (χ0n) is 13.1.